The van der Waals surface area contributed by atoms with Gasteiger partial charge in [0, 0.05) is 29.5 Å². The number of pyridine rings is 2. The van der Waals surface area contributed by atoms with Crippen LogP contribution in [0.3, 0.4) is 0 Å². The first-order valence-electron chi connectivity index (χ1n) is 6.00. The Labute approximate surface area is 119 Å². The molecule has 0 fully saturated rings. The zero-order valence-electron chi connectivity index (χ0n) is 10.6. The van der Waals surface area contributed by atoms with Crippen LogP contribution in [0.2, 0.25) is 0 Å². The second kappa shape index (κ2) is 7.14. The summed E-state index contributed by atoms with van der Waals surface area (Å²) in [5.74, 6) is 0. The van der Waals surface area contributed by atoms with Gasteiger partial charge < -0.3 is 5.32 Å². The van der Waals surface area contributed by atoms with Gasteiger partial charge in [-0.3, -0.25) is 9.97 Å². The molecular weight excluding hydrogens is 274 g/mol. The summed E-state index contributed by atoms with van der Waals surface area (Å²) in [5, 5.41) is 3.42. The van der Waals surface area contributed by atoms with Crippen LogP contribution in [0.25, 0.3) is 0 Å². The molecule has 0 saturated carbocycles. The van der Waals surface area contributed by atoms with Gasteiger partial charge in [-0.2, -0.15) is 0 Å². The van der Waals surface area contributed by atoms with E-state index >= 15 is 0 Å². The van der Waals surface area contributed by atoms with E-state index in [4.69, 9.17) is 0 Å². The first-order chi connectivity index (χ1) is 8.35. The van der Waals surface area contributed by atoms with Gasteiger partial charge in [-0.15, -0.1) is 0 Å². The molecule has 18 heavy (non-hydrogen) atoms. The van der Waals surface area contributed by atoms with Crippen molar-refractivity contribution in [2.45, 2.75) is 26.7 Å². The van der Waals surface area contributed by atoms with Crippen LogP contribution in [-0.2, 0) is 29.9 Å². The zero-order chi connectivity index (χ0) is 12.1. The molecule has 0 atom stereocenters. The van der Waals surface area contributed by atoms with Crippen molar-refractivity contribution < 1.29 is 17.1 Å². The third kappa shape index (κ3) is 3.31. The summed E-state index contributed by atoms with van der Waals surface area (Å²) in [4.78, 5) is 8.73. The summed E-state index contributed by atoms with van der Waals surface area (Å²) in [6.45, 7) is 4.22. The average molecular weight is 291 g/mol. The normalized spacial score (nSPS) is 9.67. The zero-order valence-corrected chi connectivity index (χ0v) is 11.5. The monoisotopic (exact) mass is 290 g/mol. The third-order valence-corrected chi connectivity index (χ3v) is 2.72. The largest absolute Gasteiger partial charge is 0.353 e. The van der Waals surface area contributed by atoms with Crippen molar-refractivity contribution in [1.82, 2.24) is 9.97 Å². The number of rotatable bonds is 4. The number of hydrogen-bond donors (Lipinski definition) is 1. The smallest absolute Gasteiger partial charge is 0.0635 e. The van der Waals surface area contributed by atoms with Crippen LogP contribution < -0.4 is 5.32 Å². The maximum Gasteiger partial charge on any atom is 0.0635 e. The van der Waals surface area contributed by atoms with E-state index in [9.17, 15) is 0 Å². The van der Waals surface area contributed by atoms with Gasteiger partial charge in [0.05, 0.1) is 22.8 Å². The van der Waals surface area contributed by atoms with Gasteiger partial charge in [-0.05, 0) is 37.1 Å². The van der Waals surface area contributed by atoms with Gasteiger partial charge in [0.1, 0.15) is 0 Å². The Morgan fingerprint density at radius 3 is 1.72 bits per heavy atom. The SMILES string of the molecule is CCc1ncccc1Nc1cccnc1CC.[Cu]. The number of anilines is 2. The Morgan fingerprint density at radius 2 is 1.33 bits per heavy atom. The molecule has 0 aliphatic heterocycles. The molecule has 0 aliphatic carbocycles. The first kappa shape index (κ1) is 14.7. The van der Waals surface area contributed by atoms with E-state index in [-0.39, 0.29) is 17.1 Å². The fourth-order valence-electron chi connectivity index (χ4n) is 1.81. The van der Waals surface area contributed by atoms with E-state index in [1.807, 2.05) is 24.5 Å². The van der Waals surface area contributed by atoms with Gasteiger partial charge in [0.15, 0.2) is 0 Å². The van der Waals surface area contributed by atoms with E-state index < -0.39 is 0 Å². The van der Waals surface area contributed by atoms with Crippen LogP contribution in [0.4, 0.5) is 11.4 Å². The molecule has 0 aliphatic rings. The minimum atomic E-state index is 0. The predicted octanol–water partition coefficient (Wildman–Crippen LogP) is 3.34. The number of nitrogens with one attached hydrogen (secondary N) is 1. The van der Waals surface area contributed by atoms with Crippen LogP contribution in [-0.4, -0.2) is 9.97 Å². The Bertz CT molecular complexity index is 454. The van der Waals surface area contributed by atoms with Crippen molar-refractivity contribution in [3.8, 4) is 0 Å². The third-order valence-electron chi connectivity index (χ3n) is 2.72. The van der Waals surface area contributed by atoms with E-state index in [2.05, 4.69) is 41.3 Å². The van der Waals surface area contributed by atoms with Crippen molar-refractivity contribution in [3.63, 3.8) is 0 Å². The Balaban J connectivity index is 0.00000162. The molecule has 0 spiro atoms. The van der Waals surface area contributed by atoms with Crippen LogP contribution in [0, 0.1) is 0 Å². The van der Waals surface area contributed by atoms with Crippen LogP contribution >= 0.6 is 0 Å². The number of aryl methyl sites for hydroxylation is 2. The second-order valence-electron chi connectivity index (χ2n) is 3.83. The summed E-state index contributed by atoms with van der Waals surface area (Å²) in [6.07, 6.45) is 5.50. The molecule has 2 aromatic rings. The molecule has 3 nitrogen and oxygen atoms in total. The fourth-order valence-corrected chi connectivity index (χ4v) is 1.81. The minimum absolute atomic E-state index is 0. The second-order valence-corrected chi connectivity index (χ2v) is 3.83. The molecule has 4 heteroatoms. The van der Waals surface area contributed by atoms with Crippen molar-refractivity contribution in [2.24, 2.45) is 0 Å². The standard InChI is InChI=1S/C14H17N3.Cu/c1-3-11-13(7-5-9-15-11)17-14-8-6-10-16-12(14)4-2;/h5-10,17H,3-4H2,1-2H3;. The maximum absolute atomic E-state index is 4.37. The molecule has 0 unspecified atom stereocenters. The van der Waals surface area contributed by atoms with E-state index in [1.54, 1.807) is 0 Å². The maximum atomic E-state index is 4.37. The summed E-state index contributed by atoms with van der Waals surface area (Å²) < 4.78 is 0. The minimum Gasteiger partial charge on any atom is -0.353 e. The molecule has 99 valence electrons. The summed E-state index contributed by atoms with van der Waals surface area (Å²) in [6, 6.07) is 8.00. The predicted molar refractivity (Wildman–Crippen MR) is 70.5 cm³/mol. The van der Waals surface area contributed by atoms with E-state index in [0.717, 1.165) is 35.6 Å². The van der Waals surface area contributed by atoms with E-state index in [1.165, 1.54) is 0 Å². The van der Waals surface area contributed by atoms with Crippen molar-refractivity contribution in [3.05, 3.63) is 48.0 Å². The summed E-state index contributed by atoms with van der Waals surface area (Å²) in [5.41, 5.74) is 4.30. The molecule has 2 heterocycles. The van der Waals surface area contributed by atoms with E-state index in [0.29, 0.717) is 0 Å². The summed E-state index contributed by atoms with van der Waals surface area (Å²) in [7, 11) is 0. The van der Waals surface area contributed by atoms with Gasteiger partial charge in [0.25, 0.3) is 0 Å². The molecule has 1 radical (unpaired) electrons. The quantitative estimate of drug-likeness (QED) is 0.878. The van der Waals surface area contributed by atoms with Gasteiger partial charge in [0.2, 0.25) is 0 Å². The number of hydrogen-bond acceptors (Lipinski definition) is 3. The Morgan fingerprint density at radius 1 is 0.889 bits per heavy atom. The van der Waals surface area contributed by atoms with Gasteiger partial charge in [-0.1, -0.05) is 13.8 Å². The molecule has 2 aromatic heterocycles. The Kier molecular flexibility index (Phi) is 5.82. The van der Waals surface area contributed by atoms with Crippen molar-refractivity contribution in [1.29, 1.82) is 0 Å². The molecule has 0 amide bonds. The summed E-state index contributed by atoms with van der Waals surface area (Å²) >= 11 is 0. The molecule has 1 N–H and O–H groups in total. The number of aromatic nitrogens is 2. The van der Waals surface area contributed by atoms with Gasteiger partial charge >= 0.3 is 0 Å². The van der Waals surface area contributed by atoms with Crippen LogP contribution in [0.15, 0.2) is 36.7 Å². The Hall–Kier alpha value is -1.38. The van der Waals surface area contributed by atoms with Crippen molar-refractivity contribution >= 4 is 11.4 Å². The van der Waals surface area contributed by atoms with Crippen LogP contribution in [0.1, 0.15) is 25.2 Å². The molecular formula is C14H17CuN3. The molecule has 0 bridgehead atoms. The van der Waals surface area contributed by atoms with Gasteiger partial charge in [-0.25, -0.2) is 0 Å². The van der Waals surface area contributed by atoms with Crippen molar-refractivity contribution in [2.75, 3.05) is 5.32 Å². The molecule has 2 rings (SSSR count). The average Bonchev–Trinajstić information content (AvgIpc) is 2.40. The fraction of sp³-hybridized carbons (Fsp3) is 0.286. The molecule has 0 aromatic carbocycles. The first-order valence-corrected chi connectivity index (χ1v) is 6.00. The topological polar surface area (TPSA) is 37.8 Å². The molecule has 0 saturated heterocycles. The number of nitrogens with zero attached hydrogens (tertiary/aromatic N) is 2. The van der Waals surface area contributed by atoms with Crippen LogP contribution in [0.5, 0.6) is 0 Å².